The highest BCUT2D eigenvalue weighted by atomic mass is 16.5. The molecule has 7 heteroatoms. The fourth-order valence-corrected chi connectivity index (χ4v) is 12.2. The molecule has 6 aliphatic rings. The lowest BCUT2D eigenvalue weighted by atomic mass is 9.44. The molecule has 2 aliphatic heterocycles. The van der Waals surface area contributed by atoms with E-state index < -0.39 is 0 Å². The molecule has 0 aromatic heterocycles. The number of aliphatic hydroxyl groups excluding tert-OH is 1. The predicted molar refractivity (Wildman–Crippen MR) is 184 cm³/mol. The minimum Gasteiger partial charge on any atom is -0.391 e. The maximum absolute atomic E-state index is 13.9. The van der Waals surface area contributed by atoms with Gasteiger partial charge in [0.1, 0.15) is 6.04 Å². The average Bonchev–Trinajstić information content (AvgIpc) is 3.72. The van der Waals surface area contributed by atoms with E-state index in [2.05, 4.69) is 24.8 Å². The first-order chi connectivity index (χ1) is 22.7. The van der Waals surface area contributed by atoms with Crippen LogP contribution in [0, 0.1) is 34.5 Å². The topological polar surface area (TPSA) is 73.3 Å². The summed E-state index contributed by atoms with van der Waals surface area (Å²) in [5.41, 5.74) is 1.25. The van der Waals surface area contributed by atoms with Crippen molar-refractivity contribution in [1.82, 2.24) is 14.7 Å². The van der Waals surface area contributed by atoms with Gasteiger partial charge in [-0.05, 0) is 122 Å². The fourth-order valence-electron chi connectivity index (χ4n) is 12.2. The number of aliphatic hydroxyl groups is 1. The Kier molecular flexibility index (Phi) is 8.20. The van der Waals surface area contributed by atoms with Gasteiger partial charge >= 0.3 is 0 Å². The molecule has 0 radical (unpaired) electrons. The van der Waals surface area contributed by atoms with Crippen molar-refractivity contribution in [3.63, 3.8) is 0 Å². The van der Waals surface area contributed by atoms with Crippen molar-refractivity contribution in [2.45, 2.75) is 102 Å². The molecule has 4 unspecified atom stereocenters. The molecule has 8 rings (SSSR count). The van der Waals surface area contributed by atoms with Crippen LogP contribution in [0.25, 0.3) is 10.8 Å². The summed E-state index contributed by atoms with van der Waals surface area (Å²) >= 11 is 0. The second-order valence-electron chi connectivity index (χ2n) is 16.7. The monoisotopic (exact) mass is 641 g/mol. The van der Waals surface area contributed by atoms with Crippen LogP contribution in [0.3, 0.4) is 0 Å². The van der Waals surface area contributed by atoms with Gasteiger partial charge in [0.05, 0.1) is 12.2 Å². The first-order valence-corrected chi connectivity index (χ1v) is 18.7. The number of fused-ring (bicyclic) bond motifs is 6. The van der Waals surface area contributed by atoms with E-state index in [0.29, 0.717) is 42.6 Å². The number of rotatable bonds is 4. The smallest absolute Gasteiger partial charge is 0.254 e. The molecular formula is C40H55N3O4. The van der Waals surface area contributed by atoms with Gasteiger partial charge < -0.3 is 19.6 Å². The lowest BCUT2D eigenvalue weighted by Crippen LogP contribution is -2.63. The molecule has 2 heterocycles. The number of benzene rings is 2. The van der Waals surface area contributed by atoms with Gasteiger partial charge in [0.25, 0.3) is 5.91 Å². The van der Waals surface area contributed by atoms with E-state index in [4.69, 9.17) is 4.74 Å². The van der Waals surface area contributed by atoms with Crippen LogP contribution in [0.15, 0.2) is 42.5 Å². The van der Waals surface area contributed by atoms with Crippen LogP contribution in [0.2, 0.25) is 0 Å². The number of hydrogen-bond donors (Lipinski definition) is 1. The average molecular weight is 642 g/mol. The summed E-state index contributed by atoms with van der Waals surface area (Å²) in [5, 5.41) is 13.7. The van der Waals surface area contributed by atoms with Gasteiger partial charge in [-0.3, -0.25) is 14.5 Å². The van der Waals surface area contributed by atoms with E-state index in [1.807, 2.05) is 53.3 Å². The second kappa shape index (κ2) is 12.1. The maximum atomic E-state index is 13.9. The SMILES string of the molecule is CO[C@H]1CCC2C3CCC4C[C@H](O)[C@@H](N5CCN(C(=O)[C@@H]6CCCN6C(=O)c6ccc7ccccc7c6)CC5)C[C@]4(C)C3CC[C@@]21C. The van der Waals surface area contributed by atoms with E-state index in [-0.39, 0.29) is 35.4 Å². The van der Waals surface area contributed by atoms with Crippen LogP contribution in [-0.2, 0) is 9.53 Å². The quantitative estimate of drug-likeness (QED) is 0.445. The van der Waals surface area contributed by atoms with Crippen LogP contribution in [0.5, 0.6) is 0 Å². The van der Waals surface area contributed by atoms with E-state index in [1.54, 1.807) is 0 Å². The zero-order valence-corrected chi connectivity index (χ0v) is 28.8. The third-order valence-electron chi connectivity index (χ3n) is 14.8. The summed E-state index contributed by atoms with van der Waals surface area (Å²) in [4.78, 5) is 33.9. The first-order valence-electron chi connectivity index (χ1n) is 18.7. The molecule has 7 nitrogen and oxygen atoms in total. The Hall–Kier alpha value is -2.48. The normalized spacial score (nSPS) is 40.6. The molecule has 2 saturated heterocycles. The van der Waals surface area contributed by atoms with Gasteiger partial charge in [0.15, 0.2) is 0 Å². The summed E-state index contributed by atoms with van der Waals surface area (Å²) in [6.07, 6.45) is 11.4. The Bertz CT molecular complexity index is 1510. The molecule has 2 aromatic rings. The van der Waals surface area contributed by atoms with Gasteiger partial charge in [-0.25, -0.2) is 0 Å². The summed E-state index contributed by atoms with van der Waals surface area (Å²) in [6, 6.07) is 13.7. The number of amides is 2. The molecule has 4 saturated carbocycles. The number of ether oxygens (including phenoxy) is 1. The number of nitrogens with zero attached hydrogens (tertiary/aromatic N) is 3. The zero-order valence-electron chi connectivity index (χ0n) is 28.8. The molecule has 6 fully saturated rings. The molecule has 0 bridgehead atoms. The van der Waals surface area contributed by atoms with Crippen molar-refractivity contribution >= 4 is 22.6 Å². The highest BCUT2D eigenvalue weighted by molar-refractivity contribution is 6.01. The van der Waals surface area contributed by atoms with Crippen molar-refractivity contribution in [3.8, 4) is 0 Å². The fraction of sp³-hybridized carbons (Fsp3) is 0.700. The Morgan fingerprint density at radius 1 is 0.851 bits per heavy atom. The molecule has 47 heavy (non-hydrogen) atoms. The Labute approximate surface area is 281 Å². The van der Waals surface area contributed by atoms with Crippen molar-refractivity contribution in [1.29, 1.82) is 0 Å². The predicted octanol–water partition coefficient (Wildman–Crippen LogP) is 5.99. The van der Waals surface area contributed by atoms with Crippen LogP contribution in [0.1, 0.15) is 88.4 Å². The zero-order chi connectivity index (χ0) is 32.5. The molecule has 2 amide bonds. The number of carbonyl (C=O) groups is 2. The van der Waals surface area contributed by atoms with Crippen LogP contribution < -0.4 is 0 Å². The Morgan fingerprint density at radius 2 is 1.62 bits per heavy atom. The van der Waals surface area contributed by atoms with Crippen LogP contribution in [0.4, 0.5) is 0 Å². The van der Waals surface area contributed by atoms with Gasteiger partial charge in [-0.15, -0.1) is 0 Å². The summed E-state index contributed by atoms with van der Waals surface area (Å²) in [6.45, 7) is 8.66. The Balaban J connectivity index is 0.920. The van der Waals surface area contributed by atoms with E-state index in [1.165, 1.54) is 38.5 Å². The lowest BCUT2D eigenvalue weighted by molar-refractivity contribution is -0.159. The van der Waals surface area contributed by atoms with Crippen LogP contribution in [-0.4, -0.2) is 95.7 Å². The third-order valence-corrected chi connectivity index (χ3v) is 14.8. The minimum absolute atomic E-state index is 0.0393. The molecule has 4 aliphatic carbocycles. The highest BCUT2D eigenvalue weighted by Crippen LogP contribution is 2.66. The largest absolute Gasteiger partial charge is 0.391 e. The Morgan fingerprint density at radius 3 is 2.40 bits per heavy atom. The van der Waals surface area contributed by atoms with Gasteiger partial charge in [0, 0.05) is 51.4 Å². The van der Waals surface area contributed by atoms with Crippen molar-refractivity contribution < 1.29 is 19.4 Å². The van der Waals surface area contributed by atoms with Gasteiger partial charge in [-0.1, -0.05) is 44.2 Å². The maximum Gasteiger partial charge on any atom is 0.254 e. The second-order valence-corrected chi connectivity index (χ2v) is 16.7. The molecule has 1 N–H and O–H groups in total. The van der Waals surface area contributed by atoms with Crippen LogP contribution >= 0.6 is 0 Å². The van der Waals surface area contributed by atoms with Gasteiger partial charge in [-0.2, -0.15) is 0 Å². The summed E-state index contributed by atoms with van der Waals surface area (Å²) < 4.78 is 6.03. The lowest BCUT2D eigenvalue weighted by Gasteiger charge is -2.62. The third kappa shape index (κ3) is 5.17. The summed E-state index contributed by atoms with van der Waals surface area (Å²) in [7, 11) is 1.92. The number of methoxy groups -OCH3 is 1. The number of piperazine rings is 1. The minimum atomic E-state index is -0.384. The standard InChI is InChI=1S/C40H55N3O4/c1-39-17-16-32-30(31(39)14-15-36(39)47-3)13-12-29-24-35(44)34(25-40(29,32)2)41-19-21-42(22-20-41)38(46)33-9-6-18-43(33)37(45)28-11-10-26-7-4-5-8-27(26)23-28/h4-5,7-8,10-11,23,29-36,44H,6,9,12-22,24-25H2,1-3H3/t29?,30?,31?,32?,33-,34-,35-,36-,39-,40-/m0/s1. The van der Waals surface area contributed by atoms with Gasteiger partial charge in [0.2, 0.25) is 5.91 Å². The van der Waals surface area contributed by atoms with E-state index in [0.717, 1.165) is 67.3 Å². The van der Waals surface area contributed by atoms with Crippen molar-refractivity contribution in [3.05, 3.63) is 48.0 Å². The first kappa shape index (κ1) is 31.8. The highest BCUT2D eigenvalue weighted by Gasteiger charge is 2.61. The molecular weight excluding hydrogens is 586 g/mol. The molecule has 10 atom stereocenters. The molecule has 254 valence electrons. The molecule has 0 spiro atoms. The molecule has 2 aromatic carbocycles. The number of hydrogen-bond acceptors (Lipinski definition) is 5. The van der Waals surface area contributed by atoms with Crippen molar-refractivity contribution in [2.75, 3.05) is 39.8 Å². The van der Waals surface area contributed by atoms with E-state index in [9.17, 15) is 14.7 Å². The van der Waals surface area contributed by atoms with Crippen molar-refractivity contribution in [2.24, 2.45) is 34.5 Å². The summed E-state index contributed by atoms with van der Waals surface area (Å²) in [5.74, 6) is 2.96. The van der Waals surface area contributed by atoms with E-state index >= 15 is 0 Å². The number of carbonyl (C=O) groups excluding carboxylic acids is 2. The number of likely N-dealkylation sites (tertiary alicyclic amines) is 1.